The van der Waals surface area contributed by atoms with Crippen LogP contribution >= 0.6 is 0 Å². The lowest BCUT2D eigenvalue weighted by Gasteiger charge is -2.35. The number of carbonyl (C=O) groups is 1. The maximum Gasteiger partial charge on any atom is 0.417 e. The largest absolute Gasteiger partial charge is 0.417 e. The zero-order valence-corrected chi connectivity index (χ0v) is 17.6. The van der Waals surface area contributed by atoms with E-state index in [0.29, 0.717) is 5.69 Å². The van der Waals surface area contributed by atoms with Crippen LogP contribution < -0.4 is 5.56 Å². The van der Waals surface area contributed by atoms with Gasteiger partial charge in [0, 0.05) is 25.0 Å². The molecular formula is C21H18F3N7O2. The number of aryl methyl sites for hydroxylation is 1. The van der Waals surface area contributed by atoms with Gasteiger partial charge in [0.25, 0.3) is 11.5 Å². The van der Waals surface area contributed by atoms with Gasteiger partial charge in [-0.25, -0.2) is 4.98 Å². The first-order valence-electron chi connectivity index (χ1n) is 10.1. The molecule has 12 heteroatoms. The van der Waals surface area contributed by atoms with Gasteiger partial charge in [0.05, 0.1) is 24.1 Å². The fourth-order valence-electron chi connectivity index (χ4n) is 3.99. The lowest BCUT2D eigenvalue weighted by Crippen LogP contribution is -2.49. The van der Waals surface area contributed by atoms with Gasteiger partial charge in [0.15, 0.2) is 11.5 Å². The first kappa shape index (κ1) is 20.9. The molecule has 1 amide bonds. The molecule has 0 aliphatic carbocycles. The molecule has 5 heterocycles. The lowest BCUT2D eigenvalue weighted by molar-refractivity contribution is -0.137. The number of nitrogens with zero attached hydrogens (tertiary/aromatic N) is 7. The van der Waals surface area contributed by atoms with Crippen molar-refractivity contribution in [2.24, 2.45) is 0 Å². The van der Waals surface area contributed by atoms with Crippen molar-refractivity contribution in [2.75, 3.05) is 0 Å². The highest BCUT2D eigenvalue weighted by atomic mass is 19.4. The number of amides is 1. The van der Waals surface area contributed by atoms with Crippen LogP contribution in [0.15, 0.2) is 47.8 Å². The minimum atomic E-state index is -4.52. The van der Waals surface area contributed by atoms with Crippen LogP contribution in [0, 0.1) is 6.92 Å². The number of hydrogen-bond donors (Lipinski definition) is 0. The maximum atomic E-state index is 13.2. The molecule has 4 aromatic rings. The Kier molecular flexibility index (Phi) is 4.62. The average molecular weight is 457 g/mol. The Hall–Kier alpha value is -3.96. The number of fused-ring (bicyclic) bond motifs is 2. The van der Waals surface area contributed by atoms with Crippen molar-refractivity contribution < 1.29 is 18.0 Å². The molecular weight excluding hydrogens is 439 g/mol. The number of pyridine rings is 2. The Morgan fingerprint density at radius 1 is 1.09 bits per heavy atom. The van der Waals surface area contributed by atoms with Crippen molar-refractivity contribution in [3.8, 4) is 5.69 Å². The van der Waals surface area contributed by atoms with Crippen molar-refractivity contribution in [1.29, 1.82) is 0 Å². The molecule has 4 aromatic heterocycles. The van der Waals surface area contributed by atoms with Crippen molar-refractivity contribution in [1.82, 2.24) is 33.6 Å². The predicted molar refractivity (Wildman–Crippen MR) is 110 cm³/mol. The van der Waals surface area contributed by atoms with Crippen LogP contribution in [0.4, 0.5) is 13.2 Å². The van der Waals surface area contributed by atoms with Crippen molar-refractivity contribution in [3.05, 3.63) is 76.1 Å². The summed E-state index contributed by atoms with van der Waals surface area (Å²) >= 11 is 0. The van der Waals surface area contributed by atoms with Gasteiger partial charge in [-0.1, -0.05) is 0 Å². The van der Waals surface area contributed by atoms with Gasteiger partial charge < -0.3 is 14.0 Å². The Balaban J connectivity index is 1.50. The molecule has 9 nitrogen and oxygen atoms in total. The number of rotatable bonds is 3. The van der Waals surface area contributed by atoms with Crippen LogP contribution in [0.1, 0.15) is 34.5 Å². The molecule has 5 rings (SSSR count). The molecule has 0 unspecified atom stereocenters. The van der Waals surface area contributed by atoms with Gasteiger partial charge in [0.2, 0.25) is 0 Å². The highest BCUT2D eigenvalue weighted by Gasteiger charge is 2.34. The molecule has 170 valence electrons. The summed E-state index contributed by atoms with van der Waals surface area (Å²) in [6, 6.07) is 4.89. The van der Waals surface area contributed by atoms with Gasteiger partial charge in [-0.3, -0.25) is 14.0 Å². The molecule has 0 saturated heterocycles. The van der Waals surface area contributed by atoms with E-state index in [0.717, 1.165) is 18.0 Å². The van der Waals surface area contributed by atoms with Crippen molar-refractivity contribution >= 4 is 11.6 Å². The van der Waals surface area contributed by atoms with E-state index in [1.54, 1.807) is 29.8 Å². The van der Waals surface area contributed by atoms with Gasteiger partial charge in [0.1, 0.15) is 11.4 Å². The minimum absolute atomic E-state index is 0.0564. The molecule has 0 bridgehead atoms. The summed E-state index contributed by atoms with van der Waals surface area (Å²) in [5, 5.41) is 7.89. The summed E-state index contributed by atoms with van der Waals surface area (Å²) in [7, 11) is 0. The van der Waals surface area contributed by atoms with Crippen LogP contribution in [-0.2, 0) is 19.3 Å². The second kappa shape index (κ2) is 7.29. The maximum absolute atomic E-state index is 13.2. The quantitative estimate of drug-likeness (QED) is 0.472. The molecule has 0 spiro atoms. The summed E-state index contributed by atoms with van der Waals surface area (Å²) in [4.78, 5) is 31.9. The van der Waals surface area contributed by atoms with E-state index < -0.39 is 23.7 Å². The van der Waals surface area contributed by atoms with Crippen molar-refractivity contribution in [3.63, 3.8) is 0 Å². The van der Waals surface area contributed by atoms with E-state index in [4.69, 9.17) is 0 Å². The third-order valence-corrected chi connectivity index (χ3v) is 5.71. The number of aromatic nitrogens is 6. The molecule has 1 aliphatic rings. The fourth-order valence-corrected chi connectivity index (χ4v) is 3.99. The fraction of sp³-hybridized carbons (Fsp3) is 0.286. The molecule has 0 aromatic carbocycles. The smallest absolute Gasteiger partial charge is 0.325 e. The SMILES string of the molecule is Cc1cn(-c2ccc3n(c2=O)C[C@@H](C)N(Cc2nnc4ccc(C(F)(F)F)cn24)C3=O)cn1. The molecule has 0 fully saturated rings. The second-order valence-electron chi connectivity index (χ2n) is 7.98. The molecule has 0 radical (unpaired) electrons. The summed E-state index contributed by atoms with van der Waals surface area (Å²) in [5.74, 6) is -0.222. The number of carbonyl (C=O) groups excluding carboxylic acids is 1. The first-order chi connectivity index (χ1) is 15.6. The zero-order valence-electron chi connectivity index (χ0n) is 17.6. The van der Waals surface area contributed by atoms with E-state index in [1.165, 1.54) is 26.3 Å². The van der Waals surface area contributed by atoms with Gasteiger partial charge in [-0.05, 0) is 38.1 Å². The summed E-state index contributed by atoms with van der Waals surface area (Å²) in [6.07, 6.45) is -0.349. The first-order valence-corrected chi connectivity index (χ1v) is 10.1. The number of halogens is 3. The summed E-state index contributed by atoms with van der Waals surface area (Å²) < 4.78 is 43.7. The van der Waals surface area contributed by atoms with Gasteiger partial charge >= 0.3 is 6.18 Å². The molecule has 0 N–H and O–H groups in total. The summed E-state index contributed by atoms with van der Waals surface area (Å²) in [5.41, 5.74) is 0.397. The highest BCUT2D eigenvalue weighted by Crippen LogP contribution is 2.29. The second-order valence-corrected chi connectivity index (χ2v) is 7.98. The van der Waals surface area contributed by atoms with Crippen molar-refractivity contribution in [2.45, 2.75) is 39.2 Å². The zero-order chi connectivity index (χ0) is 23.5. The Morgan fingerprint density at radius 2 is 1.88 bits per heavy atom. The van der Waals surface area contributed by atoms with Crippen LogP contribution in [0.5, 0.6) is 0 Å². The third-order valence-electron chi connectivity index (χ3n) is 5.71. The van der Waals surface area contributed by atoms with Crippen LogP contribution in [0.3, 0.4) is 0 Å². The van der Waals surface area contributed by atoms with Gasteiger partial charge in [-0.15, -0.1) is 10.2 Å². The lowest BCUT2D eigenvalue weighted by atomic mass is 10.1. The van der Waals surface area contributed by atoms with E-state index >= 15 is 0 Å². The van der Waals surface area contributed by atoms with Crippen LogP contribution in [0.25, 0.3) is 11.3 Å². The molecule has 1 aliphatic heterocycles. The van der Waals surface area contributed by atoms with E-state index in [9.17, 15) is 22.8 Å². The highest BCUT2D eigenvalue weighted by molar-refractivity contribution is 5.93. The number of alkyl halides is 3. The predicted octanol–water partition coefficient (Wildman–Crippen LogP) is 2.45. The number of hydrogen-bond acceptors (Lipinski definition) is 5. The Labute approximate surface area is 184 Å². The minimum Gasteiger partial charge on any atom is -0.325 e. The average Bonchev–Trinajstić information content (AvgIpc) is 3.37. The molecule has 0 saturated carbocycles. The summed E-state index contributed by atoms with van der Waals surface area (Å²) in [6.45, 7) is 3.75. The van der Waals surface area contributed by atoms with E-state index in [2.05, 4.69) is 15.2 Å². The molecule has 33 heavy (non-hydrogen) atoms. The van der Waals surface area contributed by atoms with E-state index in [-0.39, 0.29) is 35.8 Å². The van der Waals surface area contributed by atoms with Gasteiger partial charge in [-0.2, -0.15) is 13.2 Å². The standard InChI is InChI=1S/C21H18F3N7O2/c1-12-7-28(11-25-12)15-4-5-16-20(33)29(13(2)8-30(16)19(15)32)10-18-27-26-17-6-3-14(9-31(17)18)21(22,23)24/h3-7,9,11,13H,8,10H2,1-2H3/t13-/m1/s1. The molecule has 1 atom stereocenters. The monoisotopic (exact) mass is 457 g/mol. The topological polar surface area (TPSA) is 90.3 Å². The third kappa shape index (κ3) is 3.47. The Morgan fingerprint density at radius 3 is 2.58 bits per heavy atom. The normalized spacial score (nSPS) is 16.5. The van der Waals surface area contributed by atoms with E-state index in [1.807, 2.05) is 6.92 Å². The van der Waals surface area contributed by atoms with Crippen LogP contribution in [0.2, 0.25) is 0 Å². The number of imidazole rings is 1. The van der Waals surface area contributed by atoms with Crippen LogP contribution in [-0.4, -0.2) is 45.6 Å². The Bertz CT molecular complexity index is 1450.